The van der Waals surface area contributed by atoms with Crippen LogP contribution in [-0.4, -0.2) is 25.1 Å². The van der Waals surface area contributed by atoms with Crippen molar-refractivity contribution in [2.24, 2.45) is 4.99 Å². The lowest BCUT2D eigenvalue weighted by Crippen LogP contribution is -2.07. The number of esters is 1. The van der Waals surface area contributed by atoms with E-state index in [4.69, 9.17) is 14.2 Å². The third kappa shape index (κ3) is 3.94. The van der Waals surface area contributed by atoms with Gasteiger partial charge in [0.15, 0.2) is 17.2 Å². The first kappa shape index (κ1) is 17.7. The maximum Gasteiger partial charge on any atom is 0.363 e. The van der Waals surface area contributed by atoms with Gasteiger partial charge >= 0.3 is 5.97 Å². The van der Waals surface area contributed by atoms with Gasteiger partial charge < -0.3 is 14.2 Å². The Bertz CT molecular complexity index is 879. The lowest BCUT2D eigenvalue weighted by molar-refractivity contribution is -0.129. The minimum absolute atomic E-state index is 0.00871. The molecular formula is C21H21NO4. The monoisotopic (exact) mass is 351 g/mol. The van der Waals surface area contributed by atoms with E-state index in [9.17, 15) is 4.79 Å². The van der Waals surface area contributed by atoms with Crippen molar-refractivity contribution < 1.29 is 19.0 Å². The fourth-order valence-electron chi connectivity index (χ4n) is 2.52. The Labute approximate surface area is 152 Å². The number of carbonyl (C=O) groups is 1. The zero-order valence-electron chi connectivity index (χ0n) is 15.3. The molecule has 1 heterocycles. The Morgan fingerprint density at radius 1 is 1.08 bits per heavy atom. The molecule has 0 unspecified atom stereocenters. The zero-order chi connectivity index (χ0) is 18.7. The summed E-state index contributed by atoms with van der Waals surface area (Å²) in [6.07, 6.45) is 1.69. The van der Waals surface area contributed by atoms with E-state index in [1.807, 2.05) is 57.2 Å². The van der Waals surface area contributed by atoms with Gasteiger partial charge in [-0.05, 0) is 56.7 Å². The summed E-state index contributed by atoms with van der Waals surface area (Å²) in [7, 11) is 1.59. The van der Waals surface area contributed by atoms with Gasteiger partial charge in [0, 0.05) is 5.56 Å². The number of methoxy groups -OCH3 is 1. The Balaban J connectivity index is 1.91. The van der Waals surface area contributed by atoms with Crippen LogP contribution in [0.5, 0.6) is 11.5 Å². The van der Waals surface area contributed by atoms with Gasteiger partial charge in [-0.1, -0.05) is 23.8 Å². The number of ether oxygens (including phenoxy) is 3. The normalized spacial score (nSPS) is 15.2. The minimum atomic E-state index is -0.470. The Morgan fingerprint density at radius 3 is 2.46 bits per heavy atom. The van der Waals surface area contributed by atoms with Crippen LogP contribution in [0.2, 0.25) is 0 Å². The molecular weight excluding hydrogens is 330 g/mol. The summed E-state index contributed by atoms with van der Waals surface area (Å²) in [5.41, 5.74) is 2.93. The Morgan fingerprint density at radius 2 is 1.81 bits per heavy atom. The third-order valence-corrected chi connectivity index (χ3v) is 3.77. The van der Waals surface area contributed by atoms with E-state index < -0.39 is 5.97 Å². The van der Waals surface area contributed by atoms with E-state index in [1.165, 1.54) is 0 Å². The van der Waals surface area contributed by atoms with Gasteiger partial charge in [-0.3, -0.25) is 0 Å². The third-order valence-electron chi connectivity index (χ3n) is 3.77. The van der Waals surface area contributed by atoms with E-state index in [1.54, 1.807) is 19.3 Å². The quantitative estimate of drug-likeness (QED) is 0.600. The summed E-state index contributed by atoms with van der Waals surface area (Å²) in [5, 5.41) is 0. The van der Waals surface area contributed by atoms with E-state index in [0.717, 1.165) is 16.7 Å². The van der Waals surface area contributed by atoms with E-state index in [2.05, 4.69) is 4.99 Å². The molecule has 0 aliphatic carbocycles. The number of benzene rings is 2. The van der Waals surface area contributed by atoms with Crippen LogP contribution in [0.25, 0.3) is 6.08 Å². The minimum Gasteiger partial charge on any atom is -0.493 e. The first-order valence-corrected chi connectivity index (χ1v) is 8.40. The number of cyclic esters (lactones) is 1. The van der Waals surface area contributed by atoms with Crippen molar-refractivity contribution in [3.63, 3.8) is 0 Å². The highest BCUT2D eigenvalue weighted by molar-refractivity contribution is 6.12. The molecule has 1 aliphatic rings. The van der Waals surface area contributed by atoms with Crippen molar-refractivity contribution >= 4 is 17.9 Å². The zero-order valence-corrected chi connectivity index (χ0v) is 15.3. The number of nitrogens with zero attached hydrogens (tertiary/aromatic N) is 1. The number of hydrogen-bond acceptors (Lipinski definition) is 5. The average Bonchev–Trinajstić information content (AvgIpc) is 2.96. The smallest absolute Gasteiger partial charge is 0.363 e. The molecule has 5 nitrogen and oxygen atoms in total. The highest BCUT2D eigenvalue weighted by atomic mass is 16.6. The van der Waals surface area contributed by atoms with Crippen LogP contribution in [0.3, 0.4) is 0 Å². The summed E-state index contributed by atoms with van der Waals surface area (Å²) in [6.45, 7) is 5.88. The second-order valence-corrected chi connectivity index (χ2v) is 6.28. The Hall–Kier alpha value is -3.08. The lowest BCUT2D eigenvalue weighted by atomic mass is 10.1. The fraction of sp³-hybridized carbons (Fsp3) is 0.238. The van der Waals surface area contributed by atoms with Crippen LogP contribution < -0.4 is 9.47 Å². The van der Waals surface area contributed by atoms with Crippen LogP contribution in [0.1, 0.15) is 30.5 Å². The lowest BCUT2D eigenvalue weighted by Gasteiger charge is -2.13. The molecule has 5 heteroatoms. The van der Waals surface area contributed by atoms with Crippen molar-refractivity contribution in [1.82, 2.24) is 0 Å². The van der Waals surface area contributed by atoms with Crippen LogP contribution in [0.15, 0.2) is 53.2 Å². The predicted molar refractivity (Wildman–Crippen MR) is 101 cm³/mol. The molecule has 3 rings (SSSR count). The topological polar surface area (TPSA) is 57.1 Å². The summed E-state index contributed by atoms with van der Waals surface area (Å²) in [5.74, 6) is 1.10. The van der Waals surface area contributed by atoms with Crippen molar-refractivity contribution in [3.05, 3.63) is 64.9 Å². The molecule has 0 N–H and O–H groups in total. The molecule has 26 heavy (non-hydrogen) atoms. The second-order valence-electron chi connectivity index (χ2n) is 6.28. The SMILES string of the molecule is COc1ccc(C=C2N=C(c3ccc(C)cc3)OC2=O)cc1OC(C)C. The average molecular weight is 351 g/mol. The summed E-state index contributed by atoms with van der Waals surface area (Å²) < 4.78 is 16.4. The molecule has 2 aromatic rings. The standard InChI is InChI=1S/C21H21NO4/c1-13(2)25-19-12-15(7-10-18(19)24-4)11-17-21(23)26-20(22-17)16-8-5-14(3)6-9-16/h5-13H,1-4H3. The molecule has 134 valence electrons. The maximum atomic E-state index is 12.2. The van der Waals surface area contributed by atoms with Gasteiger partial charge in [-0.15, -0.1) is 0 Å². The van der Waals surface area contributed by atoms with Crippen LogP contribution in [-0.2, 0) is 9.53 Å². The van der Waals surface area contributed by atoms with Crippen molar-refractivity contribution in [3.8, 4) is 11.5 Å². The number of rotatable bonds is 5. The molecule has 0 bridgehead atoms. The molecule has 0 amide bonds. The summed E-state index contributed by atoms with van der Waals surface area (Å²) >= 11 is 0. The van der Waals surface area contributed by atoms with E-state index >= 15 is 0 Å². The fourth-order valence-corrected chi connectivity index (χ4v) is 2.52. The molecule has 0 aromatic heterocycles. The highest BCUT2D eigenvalue weighted by Crippen LogP contribution is 2.30. The van der Waals surface area contributed by atoms with Crippen molar-refractivity contribution in [2.75, 3.05) is 7.11 Å². The number of aryl methyl sites for hydroxylation is 1. The van der Waals surface area contributed by atoms with E-state index in [0.29, 0.717) is 17.4 Å². The number of aliphatic imine (C=N–C) groups is 1. The maximum absolute atomic E-state index is 12.2. The molecule has 2 aromatic carbocycles. The van der Waals surface area contributed by atoms with Crippen molar-refractivity contribution in [1.29, 1.82) is 0 Å². The first-order valence-electron chi connectivity index (χ1n) is 8.40. The van der Waals surface area contributed by atoms with Crippen LogP contribution in [0.4, 0.5) is 0 Å². The molecule has 1 aliphatic heterocycles. The molecule has 0 spiro atoms. The largest absolute Gasteiger partial charge is 0.493 e. The van der Waals surface area contributed by atoms with Gasteiger partial charge in [0.1, 0.15) is 0 Å². The van der Waals surface area contributed by atoms with Gasteiger partial charge in [-0.25, -0.2) is 9.79 Å². The van der Waals surface area contributed by atoms with Gasteiger partial charge in [0.05, 0.1) is 13.2 Å². The molecule has 0 atom stereocenters. The van der Waals surface area contributed by atoms with Crippen LogP contribution in [0, 0.1) is 6.92 Å². The first-order chi connectivity index (χ1) is 12.5. The highest BCUT2D eigenvalue weighted by Gasteiger charge is 2.24. The van der Waals surface area contributed by atoms with Gasteiger partial charge in [0.25, 0.3) is 0 Å². The van der Waals surface area contributed by atoms with Gasteiger partial charge in [-0.2, -0.15) is 0 Å². The predicted octanol–water partition coefficient (Wildman–Crippen LogP) is 4.14. The molecule has 0 saturated heterocycles. The molecule has 0 radical (unpaired) electrons. The summed E-state index contributed by atoms with van der Waals surface area (Å²) in [4.78, 5) is 16.5. The summed E-state index contributed by atoms with van der Waals surface area (Å²) in [6, 6.07) is 13.1. The van der Waals surface area contributed by atoms with E-state index in [-0.39, 0.29) is 11.8 Å². The number of carbonyl (C=O) groups excluding carboxylic acids is 1. The van der Waals surface area contributed by atoms with Crippen molar-refractivity contribution in [2.45, 2.75) is 26.9 Å². The second kappa shape index (κ2) is 7.44. The van der Waals surface area contributed by atoms with Crippen LogP contribution >= 0.6 is 0 Å². The Kier molecular flexibility index (Phi) is 5.07. The molecule has 0 saturated carbocycles. The molecule has 0 fully saturated rings. The van der Waals surface area contributed by atoms with Gasteiger partial charge in [0.2, 0.25) is 5.90 Å². The number of hydrogen-bond donors (Lipinski definition) is 0.